The molecule has 0 aromatic heterocycles. The Morgan fingerprint density at radius 3 is 2.46 bits per heavy atom. The van der Waals surface area contributed by atoms with Crippen molar-refractivity contribution in [2.75, 3.05) is 5.75 Å². The van der Waals surface area contributed by atoms with E-state index < -0.39 is 0 Å². The predicted octanol–water partition coefficient (Wildman–Crippen LogP) is 4.25. The summed E-state index contributed by atoms with van der Waals surface area (Å²) in [5.41, 5.74) is 2.69. The Kier molecular flexibility index (Phi) is 5.89. The molecule has 0 bridgehead atoms. The summed E-state index contributed by atoms with van der Waals surface area (Å²) in [4.78, 5) is 26.3. The molecule has 0 unspecified atom stereocenters. The first-order valence-electron chi connectivity index (χ1n) is 8.50. The average molecular weight is 389 g/mol. The van der Waals surface area contributed by atoms with Gasteiger partial charge in [-0.15, -0.1) is 11.8 Å². The fourth-order valence-corrected chi connectivity index (χ4v) is 4.15. The van der Waals surface area contributed by atoms with Gasteiger partial charge in [0.15, 0.2) is 0 Å². The topological polar surface area (TPSA) is 49.4 Å². The number of carbonyl (C=O) groups is 2. The SMILES string of the molecule is CC(C)NC(=O)c1ccc([C@H]2SCC(=O)N2Cc2ccc(Cl)cc2)cc1. The summed E-state index contributed by atoms with van der Waals surface area (Å²) >= 11 is 7.54. The van der Waals surface area contributed by atoms with Crippen LogP contribution in [0.4, 0.5) is 0 Å². The maximum absolute atomic E-state index is 12.3. The normalized spacial score (nSPS) is 17.0. The van der Waals surface area contributed by atoms with Crippen LogP contribution in [0.15, 0.2) is 48.5 Å². The predicted molar refractivity (Wildman–Crippen MR) is 106 cm³/mol. The minimum atomic E-state index is -0.0836. The van der Waals surface area contributed by atoms with Gasteiger partial charge in [-0.3, -0.25) is 9.59 Å². The summed E-state index contributed by atoms with van der Waals surface area (Å²) in [7, 11) is 0. The molecule has 2 aromatic carbocycles. The van der Waals surface area contributed by atoms with E-state index in [0.717, 1.165) is 11.1 Å². The van der Waals surface area contributed by atoms with Gasteiger partial charge in [0.1, 0.15) is 5.37 Å². The Morgan fingerprint density at radius 1 is 1.19 bits per heavy atom. The minimum absolute atomic E-state index is 0.0413. The van der Waals surface area contributed by atoms with Crippen molar-refractivity contribution in [3.8, 4) is 0 Å². The first kappa shape index (κ1) is 18.8. The van der Waals surface area contributed by atoms with Gasteiger partial charge in [-0.05, 0) is 49.2 Å². The van der Waals surface area contributed by atoms with Crippen LogP contribution in [0.1, 0.15) is 40.7 Å². The molecule has 2 amide bonds. The van der Waals surface area contributed by atoms with E-state index in [-0.39, 0.29) is 23.2 Å². The van der Waals surface area contributed by atoms with E-state index in [0.29, 0.717) is 22.9 Å². The largest absolute Gasteiger partial charge is 0.350 e. The second-order valence-corrected chi connectivity index (χ2v) is 8.07. The van der Waals surface area contributed by atoms with Crippen molar-refractivity contribution in [1.29, 1.82) is 0 Å². The highest BCUT2D eigenvalue weighted by atomic mass is 35.5. The second kappa shape index (κ2) is 8.14. The first-order valence-corrected chi connectivity index (χ1v) is 9.93. The van der Waals surface area contributed by atoms with E-state index in [1.54, 1.807) is 11.8 Å². The van der Waals surface area contributed by atoms with Gasteiger partial charge in [-0.1, -0.05) is 35.9 Å². The number of rotatable bonds is 5. The molecule has 26 heavy (non-hydrogen) atoms. The number of halogens is 1. The summed E-state index contributed by atoms with van der Waals surface area (Å²) in [6, 6.07) is 15.1. The van der Waals surface area contributed by atoms with E-state index in [1.165, 1.54) is 0 Å². The number of thioether (sulfide) groups is 1. The quantitative estimate of drug-likeness (QED) is 0.832. The third kappa shape index (κ3) is 4.40. The molecule has 0 radical (unpaired) electrons. The van der Waals surface area contributed by atoms with Gasteiger partial charge in [0.25, 0.3) is 5.91 Å². The van der Waals surface area contributed by atoms with E-state index in [1.807, 2.05) is 67.3 Å². The number of nitrogens with one attached hydrogen (secondary N) is 1. The van der Waals surface area contributed by atoms with Crippen LogP contribution in [0.3, 0.4) is 0 Å². The van der Waals surface area contributed by atoms with Crippen molar-refractivity contribution in [3.05, 3.63) is 70.2 Å². The number of carbonyl (C=O) groups excluding carboxylic acids is 2. The van der Waals surface area contributed by atoms with E-state index >= 15 is 0 Å². The smallest absolute Gasteiger partial charge is 0.251 e. The van der Waals surface area contributed by atoms with E-state index in [4.69, 9.17) is 11.6 Å². The van der Waals surface area contributed by atoms with Crippen LogP contribution in [-0.4, -0.2) is 28.5 Å². The van der Waals surface area contributed by atoms with Gasteiger partial charge >= 0.3 is 0 Å². The van der Waals surface area contributed by atoms with Crippen molar-refractivity contribution in [3.63, 3.8) is 0 Å². The van der Waals surface area contributed by atoms with E-state index in [2.05, 4.69) is 5.32 Å². The lowest BCUT2D eigenvalue weighted by Crippen LogP contribution is -2.30. The molecule has 1 heterocycles. The van der Waals surface area contributed by atoms with Gasteiger partial charge in [0, 0.05) is 23.2 Å². The van der Waals surface area contributed by atoms with E-state index in [9.17, 15) is 9.59 Å². The molecular formula is C20H21ClN2O2S. The molecule has 1 saturated heterocycles. The summed E-state index contributed by atoms with van der Waals surface area (Å²) in [6.07, 6.45) is 0. The average Bonchev–Trinajstić information content (AvgIpc) is 2.97. The molecule has 6 heteroatoms. The fraction of sp³-hybridized carbons (Fsp3) is 0.300. The molecule has 1 aliphatic heterocycles. The van der Waals surface area contributed by atoms with Crippen LogP contribution in [0.25, 0.3) is 0 Å². The number of nitrogens with zero attached hydrogens (tertiary/aromatic N) is 1. The lowest BCUT2D eigenvalue weighted by molar-refractivity contribution is -0.128. The standard InChI is InChI=1S/C20H21ClN2O2S/c1-13(2)22-19(25)15-5-7-16(8-6-15)20-23(18(24)12-26-20)11-14-3-9-17(21)10-4-14/h3-10,13,20H,11-12H2,1-2H3,(H,22,25)/t20-/m1/s1. The maximum atomic E-state index is 12.3. The number of hydrogen-bond acceptors (Lipinski definition) is 3. The third-order valence-corrected chi connectivity index (χ3v) is 5.62. The van der Waals surface area contributed by atoms with Crippen molar-refractivity contribution in [2.24, 2.45) is 0 Å². The Labute approximate surface area is 162 Å². The number of hydrogen-bond donors (Lipinski definition) is 1. The Hall–Kier alpha value is -1.98. The number of benzene rings is 2. The van der Waals surface area contributed by atoms with Gasteiger partial charge < -0.3 is 10.2 Å². The van der Waals surface area contributed by atoms with Crippen molar-refractivity contribution in [1.82, 2.24) is 10.2 Å². The van der Waals surface area contributed by atoms with Crippen LogP contribution in [-0.2, 0) is 11.3 Å². The number of amides is 2. The Morgan fingerprint density at radius 2 is 1.85 bits per heavy atom. The summed E-state index contributed by atoms with van der Waals surface area (Å²) < 4.78 is 0. The molecular weight excluding hydrogens is 368 g/mol. The molecule has 0 spiro atoms. The monoisotopic (exact) mass is 388 g/mol. The Balaban J connectivity index is 1.75. The first-order chi connectivity index (χ1) is 12.4. The van der Waals surface area contributed by atoms with Gasteiger partial charge in [-0.2, -0.15) is 0 Å². The fourth-order valence-electron chi connectivity index (χ4n) is 2.83. The highest BCUT2D eigenvalue weighted by molar-refractivity contribution is 8.00. The lowest BCUT2D eigenvalue weighted by Gasteiger charge is -2.24. The minimum Gasteiger partial charge on any atom is -0.350 e. The van der Waals surface area contributed by atoms with Gasteiger partial charge in [0.2, 0.25) is 5.91 Å². The molecule has 0 aliphatic carbocycles. The second-order valence-electron chi connectivity index (χ2n) is 6.56. The van der Waals surface area contributed by atoms with Crippen LogP contribution in [0.2, 0.25) is 5.02 Å². The zero-order chi connectivity index (χ0) is 18.7. The van der Waals surface area contributed by atoms with Crippen LogP contribution >= 0.6 is 23.4 Å². The highest BCUT2D eigenvalue weighted by Gasteiger charge is 2.32. The third-order valence-electron chi connectivity index (χ3n) is 4.11. The molecule has 1 atom stereocenters. The molecule has 3 rings (SSSR count). The maximum Gasteiger partial charge on any atom is 0.251 e. The lowest BCUT2D eigenvalue weighted by atomic mass is 10.1. The van der Waals surface area contributed by atoms with Gasteiger partial charge in [-0.25, -0.2) is 0 Å². The van der Waals surface area contributed by atoms with Gasteiger partial charge in [0.05, 0.1) is 5.75 Å². The summed E-state index contributed by atoms with van der Waals surface area (Å²) in [5, 5.41) is 3.52. The molecule has 4 nitrogen and oxygen atoms in total. The highest BCUT2D eigenvalue weighted by Crippen LogP contribution is 2.39. The van der Waals surface area contributed by atoms with Crippen LogP contribution < -0.4 is 5.32 Å². The molecule has 1 fully saturated rings. The molecule has 0 saturated carbocycles. The molecule has 2 aromatic rings. The van der Waals surface area contributed by atoms with Crippen molar-refractivity contribution in [2.45, 2.75) is 31.8 Å². The van der Waals surface area contributed by atoms with Crippen LogP contribution in [0.5, 0.6) is 0 Å². The van der Waals surface area contributed by atoms with Crippen molar-refractivity contribution >= 4 is 35.2 Å². The van der Waals surface area contributed by atoms with Crippen LogP contribution in [0, 0.1) is 0 Å². The summed E-state index contributed by atoms with van der Waals surface area (Å²) in [6.45, 7) is 4.41. The molecule has 136 valence electrons. The summed E-state index contributed by atoms with van der Waals surface area (Å²) in [5.74, 6) is 0.504. The molecule has 1 aliphatic rings. The molecule has 1 N–H and O–H groups in total. The zero-order valence-electron chi connectivity index (χ0n) is 14.7. The Bertz CT molecular complexity index is 790. The zero-order valence-corrected chi connectivity index (χ0v) is 16.3. The van der Waals surface area contributed by atoms with Crippen molar-refractivity contribution < 1.29 is 9.59 Å².